The highest BCUT2D eigenvalue weighted by Crippen LogP contribution is 2.25. The highest BCUT2D eigenvalue weighted by Gasteiger charge is 2.22. The van der Waals surface area contributed by atoms with Gasteiger partial charge >= 0.3 is 0 Å². The largest absolute Gasteiger partial charge is 0.298 e. The Hall–Kier alpha value is -1.68. The predicted molar refractivity (Wildman–Crippen MR) is 81.3 cm³/mol. The van der Waals surface area contributed by atoms with Gasteiger partial charge in [-0.25, -0.2) is 0 Å². The normalized spacial score (nSPS) is 12.1. The molecule has 0 aliphatic carbocycles. The molecule has 0 atom stereocenters. The first-order valence-corrected chi connectivity index (χ1v) is 6.96. The van der Waals surface area contributed by atoms with E-state index in [1.165, 1.54) is 16.8 Å². The van der Waals surface area contributed by atoms with Gasteiger partial charge < -0.3 is 0 Å². The van der Waals surface area contributed by atoms with Crippen molar-refractivity contribution in [3.05, 3.63) is 47.5 Å². The third-order valence-electron chi connectivity index (χ3n) is 3.26. The fourth-order valence-electron chi connectivity index (χ4n) is 2.43. The topological polar surface area (TPSA) is 34.0 Å². The Morgan fingerprint density at radius 1 is 1.15 bits per heavy atom. The van der Waals surface area contributed by atoms with Crippen LogP contribution in [0.4, 0.5) is 0 Å². The summed E-state index contributed by atoms with van der Waals surface area (Å²) in [6.07, 6.45) is 5.81. The summed E-state index contributed by atoms with van der Waals surface area (Å²) in [7, 11) is 4.13. The second-order valence-corrected chi connectivity index (χ2v) is 6.45. The third-order valence-corrected chi connectivity index (χ3v) is 3.26. The molecule has 20 heavy (non-hydrogen) atoms. The smallest absolute Gasteiger partial charge is 0.0722 e. The van der Waals surface area contributed by atoms with Crippen LogP contribution in [0.3, 0.4) is 0 Å². The van der Waals surface area contributed by atoms with Gasteiger partial charge in [-0.05, 0) is 24.7 Å². The summed E-state index contributed by atoms with van der Waals surface area (Å²) in [6.45, 7) is 8.45. The van der Waals surface area contributed by atoms with Gasteiger partial charge in [0.05, 0.1) is 5.69 Å². The van der Waals surface area contributed by atoms with Crippen LogP contribution in [0.1, 0.15) is 37.6 Å². The molecule has 0 saturated heterocycles. The van der Waals surface area contributed by atoms with Gasteiger partial charge in [-0.1, -0.05) is 20.8 Å². The average Bonchev–Trinajstić information content (AvgIpc) is 2.71. The third kappa shape index (κ3) is 3.67. The van der Waals surface area contributed by atoms with E-state index < -0.39 is 0 Å². The Morgan fingerprint density at radius 2 is 1.80 bits per heavy atom. The number of hydrogen-bond donors (Lipinski definition) is 0. The van der Waals surface area contributed by atoms with Crippen molar-refractivity contribution < 1.29 is 0 Å². The maximum Gasteiger partial charge on any atom is 0.0722 e. The molecular weight excluding hydrogens is 248 g/mol. The zero-order valence-electron chi connectivity index (χ0n) is 13.1. The monoisotopic (exact) mass is 272 g/mol. The van der Waals surface area contributed by atoms with Crippen LogP contribution >= 0.6 is 0 Å². The lowest BCUT2D eigenvalue weighted by molar-refractivity contribution is 0.316. The minimum absolute atomic E-state index is 0.0775. The van der Waals surface area contributed by atoms with Crippen molar-refractivity contribution in [1.82, 2.24) is 19.7 Å². The molecule has 2 heterocycles. The van der Waals surface area contributed by atoms with Crippen molar-refractivity contribution in [2.75, 3.05) is 7.05 Å². The summed E-state index contributed by atoms with van der Waals surface area (Å²) in [5.41, 5.74) is 3.84. The van der Waals surface area contributed by atoms with Crippen LogP contribution < -0.4 is 0 Å². The molecule has 2 rings (SSSR count). The lowest BCUT2D eigenvalue weighted by Crippen LogP contribution is -2.21. The van der Waals surface area contributed by atoms with Gasteiger partial charge in [0, 0.05) is 49.7 Å². The summed E-state index contributed by atoms with van der Waals surface area (Å²) in [5, 5.41) is 4.62. The highest BCUT2D eigenvalue weighted by atomic mass is 15.3. The van der Waals surface area contributed by atoms with Gasteiger partial charge in [-0.15, -0.1) is 0 Å². The second-order valence-electron chi connectivity index (χ2n) is 6.45. The van der Waals surface area contributed by atoms with E-state index in [9.17, 15) is 0 Å². The molecule has 0 amide bonds. The molecule has 0 bridgehead atoms. The highest BCUT2D eigenvalue weighted by molar-refractivity contribution is 5.24. The molecule has 4 nitrogen and oxygen atoms in total. The molecule has 0 spiro atoms. The first kappa shape index (κ1) is 14.7. The van der Waals surface area contributed by atoms with Gasteiger partial charge in [0.15, 0.2) is 0 Å². The zero-order valence-corrected chi connectivity index (χ0v) is 13.1. The van der Waals surface area contributed by atoms with Crippen LogP contribution in [-0.2, 0) is 25.6 Å². The van der Waals surface area contributed by atoms with Gasteiger partial charge in [0.1, 0.15) is 0 Å². The van der Waals surface area contributed by atoms with Gasteiger partial charge in [0.2, 0.25) is 0 Å². The van der Waals surface area contributed by atoms with E-state index in [1.807, 2.05) is 24.1 Å². The molecule has 0 unspecified atom stereocenters. The van der Waals surface area contributed by atoms with E-state index in [2.05, 4.69) is 61.1 Å². The molecule has 0 fully saturated rings. The molecular formula is C16H24N4. The minimum atomic E-state index is 0.0775. The number of nitrogens with zero attached hydrogens (tertiary/aromatic N) is 4. The van der Waals surface area contributed by atoms with Crippen LogP contribution in [0.25, 0.3) is 0 Å². The van der Waals surface area contributed by atoms with Crippen molar-refractivity contribution in [3.8, 4) is 0 Å². The Morgan fingerprint density at radius 3 is 2.40 bits per heavy atom. The average molecular weight is 272 g/mol. The SMILES string of the molecule is CN(Cc1ccncc1)Cc1cn(C)nc1C(C)(C)C. The Labute approximate surface area is 121 Å². The minimum Gasteiger partial charge on any atom is -0.298 e. The van der Waals surface area contributed by atoms with Crippen LogP contribution in [0.2, 0.25) is 0 Å². The first-order chi connectivity index (χ1) is 9.36. The molecule has 2 aromatic rings. The fourth-order valence-corrected chi connectivity index (χ4v) is 2.43. The molecule has 0 aliphatic rings. The molecule has 108 valence electrons. The van der Waals surface area contributed by atoms with E-state index >= 15 is 0 Å². The number of aryl methyl sites for hydroxylation is 1. The summed E-state index contributed by atoms with van der Waals surface area (Å²) in [6, 6.07) is 4.12. The predicted octanol–water partition coefficient (Wildman–Crippen LogP) is 2.74. The first-order valence-electron chi connectivity index (χ1n) is 6.96. The molecule has 4 heteroatoms. The molecule has 0 saturated carbocycles. The lowest BCUT2D eigenvalue weighted by Gasteiger charge is -2.21. The fraction of sp³-hybridized carbons (Fsp3) is 0.500. The van der Waals surface area contributed by atoms with E-state index in [1.54, 1.807) is 0 Å². The van der Waals surface area contributed by atoms with Crippen LogP contribution in [0.5, 0.6) is 0 Å². The molecule has 2 aromatic heterocycles. The quantitative estimate of drug-likeness (QED) is 0.858. The lowest BCUT2D eigenvalue weighted by atomic mass is 9.89. The van der Waals surface area contributed by atoms with Crippen molar-refractivity contribution in [1.29, 1.82) is 0 Å². The number of hydrogen-bond acceptors (Lipinski definition) is 3. The van der Waals surface area contributed by atoms with Gasteiger partial charge in [-0.3, -0.25) is 14.6 Å². The van der Waals surface area contributed by atoms with Crippen LogP contribution in [0, 0.1) is 0 Å². The van der Waals surface area contributed by atoms with Crippen LogP contribution in [-0.4, -0.2) is 26.7 Å². The van der Waals surface area contributed by atoms with Crippen molar-refractivity contribution in [2.24, 2.45) is 7.05 Å². The summed E-state index contributed by atoms with van der Waals surface area (Å²) in [4.78, 5) is 6.36. The van der Waals surface area contributed by atoms with Crippen molar-refractivity contribution in [3.63, 3.8) is 0 Å². The second kappa shape index (κ2) is 5.75. The summed E-state index contributed by atoms with van der Waals surface area (Å²) < 4.78 is 1.91. The number of pyridine rings is 1. The van der Waals surface area contributed by atoms with Gasteiger partial charge in [-0.2, -0.15) is 5.10 Å². The maximum atomic E-state index is 4.62. The Kier molecular flexibility index (Phi) is 4.23. The summed E-state index contributed by atoms with van der Waals surface area (Å²) in [5.74, 6) is 0. The van der Waals surface area contributed by atoms with E-state index in [0.717, 1.165) is 13.1 Å². The van der Waals surface area contributed by atoms with Gasteiger partial charge in [0.25, 0.3) is 0 Å². The standard InChI is InChI=1S/C16H24N4/c1-16(2,3)15-14(12-20(5)18-15)11-19(4)10-13-6-8-17-9-7-13/h6-9,12H,10-11H2,1-5H3. The van der Waals surface area contributed by atoms with E-state index in [0.29, 0.717) is 0 Å². The maximum absolute atomic E-state index is 4.62. The van der Waals surface area contributed by atoms with Crippen molar-refractivity contribution in [2.45, 2.75) is 39.3 Å². The van der Waals surface area contributed by atoms with E-state index in [4.69, 9.17) is 0 Å². The Balaban J connectivity index is 2.10. The number of aromatic nitrogens is 3. The number of rotatable bonds is 4. The molecule has 0 radical (unpaired) electrons. The Bertz CT molecular complexity index is 552. The summed E-state index contributed by atoms with van der Waals surface area (Å²) >= 11 is 0. The van der Waals surface area contributed by atoms with Crippen molar-refractivity contribution >= 4 is 0 Å². The molecule has 0 N–H and O–H groups in total. The van der Waals surface area contributed by atoms with E-state index in [-0.39, 0.29) is 5.41 Å². The molecule has 0 aliphatic heterocycles. The molecule has 0 aromatic carbocycles. The van der Waals surface area contributed by atoms with Crippen LogP contribution in [0.15, 0.2) is 30.7 Å². The zero-order chi connectivity index (χ0) is 14.8.